The summed E-state index contributed by atoms with van der Waals surface area (Å²) >= 11 is 0. The number of aryl methyl sites for hydroxylation is 1. The van der Waals surface area contributed by atoms with Crippen molar-refractivity contribution in [3.63, 3.8) is 0 Å². The standard InChI is InChI=1S/C13H17N3O3S/c1-15-8-12(7-14-15)9-16(2)20(18,19)13-5-3-4-11(6-13)10-17/h3-8,17H,9-10H2,1-2H3. The molecule has 0 atom stereocenters. The van der Waals surface area contributed by atoms with Crippen molar-refractivity contribution in [1.82, 2.24) is 14.1 Å². The first-order valence-corrected chi connectivity index (χ1v) is 7.51. The first kappa shape index (κ1) is 14.7. The summed E-state index contributed by atoms with van der Waals surface area (Å²) in [6, 6.07) is 6.31. The highest BCUT2D eigenvalue weighted by atomic mass is 32.2. The number of hydrogen-bond acceptors (Lipinski definition) is 4. The normalized spacial score (nSPS) is 12.0. The number of rotatable bonds is 5. The summed E-state index contributed by atoms with van der Waals surface area (Å²) in [5.74, 6) is 0. The molecule has 0 saturated heterocycles. The number of aliphatic hydroxyl groups excluding tert-OH is 1. The van der Waals surface area contributed by atoms with Gasteiger partial charge in [-0.05, 0) is 17.7 Å². The Balaban J connectivity index is 2.24. The highest BCUT2D eigenvalue weighted by Gasteiger charge is 2.21. The molecular formula is C13H17N3O3S. The minimum Gasteiger partial charge on any atom is -0.392 e. The minimum atomic E-state index is -3.58. The van der Waals surface area contributed by atoms with Crippen LogP contribution in [0.15, 0.2) is 41.6 Å². The van der Waals surface area contributed by atoms with Crippen LogP contribution in [0.4, 0.5) is 0 Å². The first-order chi connectivity index (χ1) is 9.43. The fraction of sp³-hybridized carbons (Fsp3) is 0.308. The van der Waals surface area contributed by atoms with Crippen LogP contribution in [0.3, 0.4) is 0 Å². The molecule has 0 aliphatic carbocycles. The molecule has 1 aromatic heterocycles. The fourth-order valence-corrected chi connectivity index (χ4v) is 3.11. The van der Waals surface area contributed by atoms with Gasteiger partial charge in [0.05, 0.1) is 17.7 Å². The summed E-state index contributed by atoms with van der Waals surface area (Å²) in [5, 5.41) is 13.1. The quantitative estimate of drug-likeness (QED) is 0.882. The van der Waals surface area contributed by atoms with E-state index < -0.39 is 10.0 Å². The van der Waals surface area contributed by atoms with E-state index in [0.29, 0.717) is 5.56 Å². The summed E-state index contributed by atoms with van der Waals surface area (Å²) in [5.41, 5.74) is 1.39. The average molecular weight is 295 g/mol. The Labute approximate surface area is 118 Å². The molecule has 0 unspecified atom stereocenters. The van der Waals surface area contributed by atoms with E-state index in [1.54, 1.807) is 36.3 Å². The van der Waals surface area contributed by atoms with Crippen molar-refractivity contribution in [1.29, 1.82) is 0 Å². The van der Waals surface area contributed by atoms with Gasteiger partial charge in [0.25, 0.3) is 0 Å². The lowest BCUT2D eigenvalue weighted by atomic mass is 10.2. The maximum absolute atomic E-state index is 12.4. The molecule has 0 spiro atoms. The Morgan fingerprint density at radius 1 is 1.35 bits per heavy atom. The third-order valence-electron chi connectivity index (χ3n) is 2.95. The van der Waals surface area contributed by atoms with E-state index in [1.165, 1.54) is 23.5 Å². The molecule has 0 radical (unpaired) electrons. The predicted octanol–water partition coefficient (Wildman–Crippen LogP) is 0.733. The molecule has 2 rings (SSSR count). The molecule has 0 saturated carbocycles. The van der Waals surface area contributed by atoms with Crippen LogP contribution >= 0.6 is 0 Å². The second-order valence-electron chi connectivity index (χ2n) is 4.59. The van der Waals surface area contributed by atoms with Crippen LogP contribution in [0.5, 0.6) is 0 Å². The van der Waals surface area contributed by atoms with Gasteiger partial charge >= 0.3 is 0 Å². The largest absolute Gasteiger partial charge is 0.392 e. The molecular weight excluding hydrogens is 278 g/mol. The molecule has 6 nitrogen and oxygen atoms in total. The van der Waals surface area contributed by atoms with Gasteiger partial charge in [0.15, 0.2) is 0 Å². The maximum atomic E-state index is 12.4. The van der Waals surface area contributed by atoms with E-state index in [1.807, 2.05) is 0 Å². The topological polar surface area (TPSA) is 75.4 Å². The van der Waals surface area contributed by atoms with E-state index >= 15 is 0 Å². The number of benzene rings is 1. The number of aliphatic hydroxyl groups is 1. The summed E-state index contributed by atoms with van der Waals surface area (Å²) in [4.78, 5) is 0.176. The molecule has 0 amide bonds. The molecule has 7 heteroatoms. The highest BCUT2D eigenvalue weighted by Crippen LogP contribution is 2.17. The number of nitrogens with zero attached hydrogens (tertiary/aromatic N) is 3. The second kappa shape index (κ2) is 5.74. The lowest BCUT2D eigenvalue weighted by Gasteiger charge is -2.16. The second-order valence-corrected chi connectivity index (χ2v) is 6.63. The molecule has 1 N–H and O–H groups in total. The van der Waals surface area contributed by atoms with Crippen molar-refractivity contribution >= 4 is 10.0 Å². The van der Waals surface area contributed by atoms with Crippen LogP contribution in [0.2, 0.25) is 0 Å². The Morgan fingerprint density at radius 2 is 2.10 bits per heavy atom. The summed E-state index contributed by atoms with van der Waals surface area (Å²) in [6.07, 6.45) is 3.41. The molecule has 0 aliphatic rings. The van der Waals surface area contributed by atoms with Gasteiger partial charge in [-0.15, -0.1) is 0 Å². The third-order valence-corrected chi connectivity index (χ3v) is 4.75. The lowest BCUT2D eigenvalue weighted by Crippen LogP contribution is -2.26. The van der Waals surface area contributed by atoms with Gasteiger partial charge in [-0.1, -0.05) is 12.1 Å². The van der Waals surface area contributed by atoms with Crippen molar-refractivity contribution in [2.24, 2.45) is 7.05 Å². The zero-order valence-electron chi connectivity index (χ0n) is 11.4. The molecule has 0 fully saturated rings. The maximum Gasteiger partial charge on any atom is 0.243 e. The smallest absolute Gasteiger partial charge is 0.243 e. The van der Waals surface area contributed by atoms with Crippen LogP contribution in [0.25, 0.3) is 0 Å². The summed E-state index contributed by atoms with van der Waals surface area (Å²) in [7, 11) is -0.273. The molecule has 2 aromatic rings. The van der Waals surface area contributed by atoms with E-state index in [2.05, 4.69) is 5.10 Å². The third kappa shape index (κ3) is 3.06. The zero-order valence-corrected chi connectivity index (χ0v) is 12.2. The number of sulfonamides is 1. The van der Waals surface area contributed by atoms with E-state index in [9.17, 15) is 8.42 Å². The molecule has 0 aliphatic heterocycles. The number of aromatic nitrogens is 2. The van der Waals surface area contributed by atoms with Crippen LogP contribution in [-0.4, -0.2) is 34.7 Å². The van der Waals surface area contributed by atoms with Gasteiger partial charge in [0.1, 0.15) is 0 Å². The zero-order chi connectivity index (χ0) is 14.8. The molecule has 20 heavy (non-hydrogen) atoms. The van der Waals surface area contributed by atoms with Gasteiger partial charge in [-0.2, -0.15) is 9.40 Å². The van der Waals surface area contributed by atoms with Crippen molar-refractivity contribution in [3.8, 4) is 0 Å². The van der Waals surface area contributed by atoms with Crippen LogP contribution < -0.4 is 0 Å². The van der Waals surface area contributed by atoms with Gasteiger partial charge < -0.3 is 5.11 Å². The molecule has 108 valence electrons. The molecule has 1 aromatic carbocycles. The summed E-state index contributed by atoms with van der Waals surface area (Å²) in [6.45, 7) is 0.0647. The van der Waals surface area contributed by atoms with Gasteiger partial charge in [0.2, 0.25) is 10.0 Å². The van der Waals surface area contributed by atoms with Crippen molar-refractivity contribution in [3.05, 3.63) is 47.8 Å². The summed E-state index contributed by atoms with van der Waals surface area (Å²) < 4.78 is 27.7. The van der Waals surface area contributed by atoms with Crippen LogP contribution in [0, 0.1) is 0 Å². The van der Waals surface area contributed by atoms with Crippen molar-refractivity contribution in [2.45, 2.75) is 18.0 Å². The van der Waals surface area contributed by atoms with Gasteiger partial charge in [-0.3, -0.25) is 4.68 Å². The Kier molecular flexibility index (Phi) is 4.22. The molecule has 0 bridgehead atoms. The van der Waals surface area contributed by atoms with E-state index in [0.717, 1.165) is 5.56 Å². The van der Waals surface area contributed by atoms with Gasteiger partial charge in [-0.25, -0.2) is 8.42 Å². The lowest BCUT2D eigenvalue weighted by molar-refractivity contribution is 0.281. The minimum absolute atomic E-state index is 0.176. The van der Waals surface area contributed by atoms with E-state index in [4.69, 9.17) is 5.11 Å². The van der Waals surface area contributed by atoms with Gasteiger partial charge in [0, 0.05) is 32.4 Å². The van der Waals surface area contributed by atoms with Crippen molar-refractivity contribution in [2.75, 3.05) is 7.05 Å². The highest BCUT2D eigenvalue weighted by molar-refractivity contribution is 7.89. The SMILES string of the molecule is CN(Cc1cnn(C)c1)S(=O)(=O)c1cccc(CO)c1. The Morgan fingerprint density at radius 3 is 2.70 bits per heavy atom. The predicted molar refractivity (Wildman–Crippen MR) is 74.2 cm³/mol. The average Bonchev–Trinajstić information content (AvgIpc) is 2.84. The molecule has 1 heterocycles. The monoisotopic (exact) mass is 295 g/mol. The van der Waals surface area contributed by atoms with Crippen LogP contribution in [0.1, 0.15) is 11.1 Å². The van der Waals surface area contributed by atoms with Crippen LogP contribution in [-0.2, 0) is 30.2 Å². The fourth-order valence-electron chi connectivity index (χ4n) is 1.88. The first-order valence-electron chi connectivity index (χ1n) is 6.07. The van der Waals surface area contributed by atoms with Crippen molar-refractivity contribution < 1.29 is 13.5 Å². The van der Waals surface area contributed by atoms with E-state index in [-0.39, 0.29) is 18.0 Å². The Hall–Kier alpha value is -1.70. The Bertz CT molecular complexity index is 694. The number of hydrogen-bond donors (Lipinski definition) is 1.